The summed E-state index contributed by atoms with van der Waals surface area (Å²) in [5.41, 5.74) is 1.03. The van der Waals surface area contributed by atoms with Crippen LogP contribution >= 0.6 is 11.8 Å². The summed E-state index contributed by atoms with van der Waals surface area (Å²) >= 11 is 1.74. The van der Waals surface area contributed by atoms with Crippen LogP contribution < -0.4 is 5.32 Å². The molecular weight excluding hydrogens is 206 g/mol. The molecule has 0 spiro atoms. The number of nitrogens with one attached hydrogen (secondary N) is 1. The molecule has 84 valence electrons. The van der Waals surface area contributed by atoms with E-state index >= 15 is 0 Å². The van der Waals surface area contributed by atoms with Gasteiger partial charge >= 0.3 is 0 Å². The monoisotopic (exact) mass is 225 g/mol. The molecule has 2 N–H and O–H groups in total. The fourth-order valence-corrected chi connectivity index (χ4v) is 1.51. The fourth-order valence-electron chi connectivity index (χ4n) is 1.11. The Balaban J connectivity index is 2.51. The number of anilines is 1. The minimum absolute atomic E-state index is 0.0713. The van der Waals surface area contributed by atoms with Crippen LogP contribution in [0.3, 0.4) is 0 Å². The van der Waals surface area contributed by atoms with Crippen LogP contribution in [-0.2, 0) is 0 Å². The SMILES string of the molecule is CSc1ccc(NCC(C)(C)CO)cc1. The average Bonchev–Trinajstić information content (AvgIpc) is 2.27. The van der Waals surface area contributed by atoms with Gasteiger partial charge in [0.25, 0.3) is 0 Å². The van der Waals surface area contributed by atoms with Gasteiger partial charge in [0.15, 0.2) is 0 Å². The van der Waals surface area contributed by atoms with Gasteiger partial charge in [-0.15, -0.1) is 11.8 Å². The molecule has 0 amide bonds. The lowest BCUT2D eigenvalue weighted by Crippen LogP contribution is -2.26. The molecular formula is C12H19NOS. The summed E-state index contributed by atoms with van der Waals surface area (Å²) in [6.45, 7) is 5.05. The van der Waals surface area contributed by atoms with Crippen LogP contribution in [-0.4, -0.2) is 24.5 Å². The minimum atomic E-state index is -0.0713. The van der Waals surface area contributed by atoms with E-state index in [0.29, 0.717) is 0 Å². The lowest BCUT2D eigenvalue weighted by atomic mass is 9.95. The van der Waals surface area contributed by atoms with Gasteiger partial charge in [0, 0.05) is 29.1 Å². The summed E-state index contributed by atoms with van der Waals surface area (Å²) in [6.07, 6.45) is 2.07. The number of rotatable bonds is 5. The van der Waals surface area contributed by atoms with Gasteiger partial charge in [-0.1, -0.05) is 13.8 Å². The Hall–Kier alpha value is -0.670. The van der Waals surface area contributed by atoms with Gasteiger partial charge in [0.2, 0.25) is 0 Å². The zero-order valence-corrected chi connectivity index (χ0v) is 10.4. The van der Waals surface area contributed by atoms with Gasteiger partial charge in [-0.25, -0.2) is 0 Å². The second-order valence-electron chi connectivity index (χ2n) is 4.40. The van der Waals surface area contributed by atoms with E-state index in [4.69, 9.17) is 5.11 Å². The largest absolute Gasteiger partial charge is 0.396 e. The van der Waals surface area contributed by atoms with E-state index in [1.54, 1.807) is 11.8 Å². The van der Waals surface area contributed by atoms with E-state index < -0.39 is 0 Å². The van der Waals surface area contributed by atoms with E-state index in [0.717, 1.165) is 12.2 Å². The van der Waals surface area contributed by atoms with Gasteiger partial charge in [-0.3, -0.25) is 0 Å². The van der Waals surface area contributed by atoms with Crippen LogP contribution in [0, 0.1) is 5.41 Å². The molecule has 3 heteroatoms. The predicted octanol–water partition coefficient (Wildman–Crippen LogP) is 2.84. The van der Waals surface area contributed by atoms with Crippen molar-refractivity contribution in [3.63, 3.8) is 0 Å². The van der Waals surface area contributed by atoms with Crippen molar-refractivity contribution >= 4 is 17.4 Å². The van der Waals surface area contributed by atoms with Crippen molar-refractivity contribution in [3.05, 3.63) is 24.3 Å². The predicted molar refractivity (Wildman–Crippen MR) is 67.6 cm³/mol. The van der Waals surface area contributed by atoms with Crippen molar-refractivity contribution < 1.29 is 5.11 Å². The molecule has 0 atom stereocenters. The summed E-state index contributed by atoms with van der Waals surface area (Å²) in [5.74, 6) is 0. The quantitative estimate of drug-likeness (QED) is 0.756. The topological polar surface area (TPSA) is 32.3 Å². The molecule has 15 heavy (non-hydrogen) atoms. The molecule has 0 aromatic heterocycles. The molecule has 0 unspecified atom stereocenters. The highest BCUT2D eigenvalue weighted by Gasteiger charge is 2.15. The molecule has 0 aliphatic heterocycles. The van der Waals surface area contributed by atoms with Crippen molar-refractivity contribution in [1.82, 2.24) is 0 Å². The number of hydrogen-bond donors (Lipinski definition) is 2. The number of aliphatic hydroxyl groups excluding tert-OH is 1. The molecule has 2 nitrogen and oxygen atoms in total. The minimum Gasteiger partial charge on any atom is -0.396 e. The third-order valence-electron chi connectivity index (χ3n) is 2.29. The normalized spacial score (nSPS) is 11.5. The smallest absolute Gasteiger partial charge is 0.0498 e. The van der Waals surface area contributed by atoms with Gasteiger partial charge in [0.05, 0.1) is 0 Å². The van der Waals surface area contributed by atoms with Crippen molar-refractivity contribution in [2.45, 2.75) is 18.7 Å². The van der Waals surface area contributed by atoms with Crippen molar-refractivity contribution in [2.75, 3.05) is 24.7 Å². The summed E-state index contributed by atoms with van der Waals surface area (Å²) in [4.78, 5) is 1.27. The van der Waals surface area contributed by atoms with Crippen LogP contribution in [0.2, 0.25) is 0 Å². The van der Waals surface area contributed by atoms with Crippen molar-refractivity contribution in [3.8, 4) is 0 Å². The molecule has 1 aromatic carbocycles. The summed E-state index contributed by atoms with van der Waals surface area (Å²) < 4.78 is 0. The Bertz CT molecular complexity index is 295. The summed E-state index contributed by atoms with van der Waals surface area (Å²) in [5, 5.41) is 12.4. The number of benzene rings is 1. The third kappa shape index (κ3) is 4.14. The first-order chi connectivity index (χ1) is 7.07. The second kappa shape index (κ2) is 5.42. The molecule has 0 radical (unpaired) electrons. The Morgan fingerprint density at radius 2 is 1.87 bits per heavy atom. The standard InChI is InChI=1S/C12H19NOS/c1-12(2,9-14)8-13-10-4-6-11(15-3)7-5-10/h4-7,13-14H,8-9H2,1-3H3. The number of thioether (sulfide) groups is 1. The van der Waals surface area contributed by atoms with Crippen molar-refractivity contribution in [2.24, 2.45) is 5.41 Å². The van der Waals surface area contributed by atoms with Crippen LogP contribution in [0.5, 0.6) is 0 Å². The first-order valence-electron chi connectivity index (χ1n) is 5.06. The fraction of sp³-hybridized carbons (Fsp3) is 0.500. The Kier molecular flexibility index (Phi) is 4.48. The maximum absolute atomic E-state index is 9.11. The Morgan fingerprint density at radius 1 is 1.27 bits per heavy atom. The van der Waals surface area contributed by atoms with E-state index in [9.17, 15) is 0 Å². The zero-order chi connectivity index (χ0) is 11.3. The van der Waals surface area contributed by atoms with Gasteiger partial charge in [-0.05, 0) is 30.5 Å². The highest BCUT2D eigenvalue weighted by molar-refractivity contribution is 7.98. The maximum Gasteiger partial charge on any atom is 0.0498 e. The maximum atomic E-state index is 9.11. The molecule has 0 heterocycles. The van der Waals surface area contributed by atoms with Crippen LogP contribution in [0.1, 0.15) is 13.8 Å². The zero-order valence-electron chi connectivity index (χ0n) is 9.58. The highest BCUT2D eigenvalue weighted by atomic mass is 32.2. The lowest BCUT2D eigenvalue weighted by molar-refractivity contribution is 0.171. The number of hydrogen-bond acceptors (Lipinski definition) is 3. The van der Waals surface area contributed by atoms with E-state index in [-0.39, 0.29) is 12.0 Å². The van der Waals surface area contributed by atoms with Crippen molar-refractivity contribution in [1.29, 1.82) is 0 Å². The molecule has 0 aliphatic rings. The average molecular weight is 225 g/mol. The Labute approximate surface area is 96.1 Å². The van der Waals surface area contributed by atoms with Gasteiger partial charge < -0.3 is 10.4 Å². The van der Waals surface area contributed by atoms with Gasteiger partial charge in [-0.2, -0.15) is 0 Å². The van der Waals surface area contributed by atoms with Crippen LogP contribution in [0.15, 0.2) is 29.2 Å². The molecule has 0 fully saturated rings. The second-order valence-corrected chi connectivity index (χ2v) is 5.28. The first kappa shape index (κ1) is 12.4. The molecule has 1 aromatic rings. The van der Waals surface area contributed by atoms with Crippen LogP contribution in [0.4, 0.5) is 5.69 Å². The van der Waals surface area contributed by atoms with E-state index in [1.807, 2.05) is 13.8 Å². The third-order valence-corrected chi connectivity index (χ3v) is 3.03. The molecule has 0 saturated carbocycles. The molecule has 1 rings (SSSR count). The Morgan fingerprint density at radius 3 is 2.33 bits per heavy atom. The van der Waals surface area contributed by atoms with Gasteiger partial charge in [0.1, 0.15) is 0 Å². The summed E-state index contributed by atoms with van der Waals surface area (Å²) in [6, 6.07) is 8.33. The molecule has 0 saturated heterocycles. The molecule has 0 aliphatic carbocycles. The highest BCUT2D eigenvalue weighted by Crippen LogP contribution is 2.19. The summed E-state index contributed by atoms with van der Waals surface area (Å²) in [7, 11) is 0. The first-order valence-corrected chi connectivity index (χ1v) is 6.29. The lowest BCUT2D eigenvalue weighted by Gasteiger charge is -2.22. The van der Waals surface area contributed by atoms with E-state index in [1.165, 1.54) is 4.90 Å². The number of aliphatic hydroxyl groups is 1. The van der Waals surface area contributed by atoms with E-state index in [2.05, 4.69) is 35.8 Å². The molecule has 0 bridgehead atoms. The van der Waals surface area contributed by atoms with Crippen LogP contribution in [0.25, 0.3) is 0 Å².